The second-order valence-electron chi connectivity index (χ2n) is 6.98. The van der Waals surface area contributed by atoms with Crippen LogP contribution in [0.1, 0.15) is 29.6 Å². The van der Waals surface area contributed by atoms with Crippen molar-refractivity contribution in [2.75, 3.05) is 37.4 Å². The van der Waals surface area contributed by atoms with Gasteiger partial charge in [0.15, 0.2) is 0 Å². The molecule has 6 nitrogen and oxygen atoms in total. The van der Waals surface area contributed by atoms with Crippen molar-refractivity contribution in [3.8, 4) is 0 Å². The summed E-state index contributed by atoms with van der Waals surface area (Å²) < 4.78 is 25.7. The van der Waals surface area contributed by atoms with Crippen molar-refractivity contribution < 1.29 is 13.2 Å². The highest BCUT2D eigenvalue weighted by atomic mass is 35.5. The molecule has 150 valence electrons. The molecular formula is C20H24ClN3O3S. The molecule has 1 saturated heterocycles. The SMILES string of the molecule is CN(C)S(=O)(=O)c1ccc(Cl)c(C(=O)Nc2ccc(N3CCCCC3)cc2)c1. The van der Waals surface area contributed by atoms with Gasteiger partial charge in [0.1, 0.15) is 0 Å². The number of hydrogen-bond acceptors (Lipinski definition) is 4. The zero-order valence-corrected chi connectivity index (χ0v) is 17.6. The van der Waals surface area contributed by atoms with Gasteiger partial charge < -0.3 is 10.2 Å². The summed E-state index contributed by atoms with van der Waals surface area (Å²) in [5.74, 6) is -0.452. The van der Waals surface area contributed by atoms with Crippen molar-refractivity contribution >= 4 is 38.9 Å². The lowest BCUT2D eigenvalue weighted by molar-refractivity contribution is 0.102. The third-order valence-electron chi connectivity index (χ3n) is 4.81. The number of nitrogens with one attached hydrogen (secondary N) is 1. The Labute approximate surface area is 171 Å². The van der Waals surface area contributed by atoms with Crippen LogP contribution in [0.3, 0.4) is 0 Å². The molecule has 8 heteroatoms. The van der Waals surface area contributed by atoms with E-state index in [4.69, 9.17) is 11.6 Å². The van der Waals surface area contributed by atoms with Crippen molar-refractivity contribution in [3.05, 3.63) is 53.1 Å². The van der Waals surface area contributed by atoms with Crippen LogP contribution in [0.5, 0.6) is 0 Å². The molecule has 2 aromatic carbocycles. The first-order valence-electron chi connectivity index (χ1n) is 9.17. The van der Waals surface area contributed by atoms with Crippen LogP contribution in [0.2, 0.25) is 5.02 Å². The van der Waals surface area contributed by atoms with Crippen molar-refractivity contribution in [1.82, 2.24) is 4.31 Å². The summed E-state index contributed by atoms with van der Waals surface area (Å²) in [6.07, 6.45) is 3.67. The Balaban J connectivity index is 1.77. The van der Waals surface area contributed by atoms with E-state index in [-0.39, 0.29) is 15.5 Å². The number of anilines is 2. The average Bonchev–Trinajstić information content (AvgIpc) is 2.69. The van der Waals surface area contributed by atoms with Crippen molar-refractivity contribution in [3.63, 3.8) is 0 Å². The summed E-state index contributed by atoms with van der Waals surface area (Å²) in [5.41, 5.74) is 1.88. The van der Waals surface area contributed by atoms with Crippen LogP contribution in [-0.2, 0) is 10.0 Å². The van der Waals surface area contributed by atoms with Gasteiger partial charge in [0.2, 0.25) is 10.0 Å². The van der Waals surface area contributed by atoms with Gasteiger partial charge in [-0.1, -0.05) is 11.6 Å². The van der Waals surface area contributed by atoms with E-state index in [2.05, 4.69) is 10.2 Å². The lowest BCUT2D eigenvalue weighted by Crippen LogP contribution is -2.29. The first-order chi connectivity index (χ1) is 13.3. The van der Waals surface area contributed by atoms with E-state index >= 15 is 0 Å². The molecule has 0 radical (unpaired) electrons. The highest BCUT2D eigenvalue weighted by Crippen LogP contribution is 2.25. The summed E-state index contributed by atoms with van der Waals surface area (Å²) in [6.45, 7) is 2.10. The molecule has 28 heavy (non-hydrogen) atoms. The van der Waals surface area contributed by atoms with Crippen LogP contribution in [0, 0.1) is 0 Å². The summed E-state index contributed by atoms with van der Waals surface area (Å²) in [5, 5.41) is 2.98. The minimum absolute atomic E-state index is 0.0208. The Morgan fingerprint density at radius 2 is 1.68 bits per heavy atom. The number of sulfonamides is 1. The molecule has 3 rings (SSSR count). The van der Waals surface area contributed by atoms with Gasteiger partial charge in [-0.3, -0.25) is 4.79 Å². The molecule has 1 heterocycles. The Hall–Kier alpha value is -2.09. The number of amides is 1. The van der Waals surface area contributed by atoms with Gasteiger partial charge in [0.05, 0.1) is 15.5 Å². The number of piperidine rings is 1. The summed E-state index contributed by atoms with van der Waals surface area (Å²) >= 11 is 6.14. The Kier molecular flexibility index (Phi) is 6.27. The van der Waals surface area contributed by atoms with E-state index in [1.807, 2.05) is 24.3 Å². The summed E-state index contributed by atoms with van der Waals surface area (Å²) in [7, 11) is -0.775. The van der Waals surface area contributed by atoms with E-state index in [9.17, 15) is 13.2 Å². The predicted octanol–water partition coefficient (Wildman–Crippen LogP) is 3.83. The van der Waals surface area contributed by atoms with Crippen LogP contribution in [0.15, 0.2) is 47.4 Å². The number of nitrogens with zero attached hydrogens (tertiary/aromatic N) is 2. The fraction of sp³-hybridized carbons (Fsp3) is 0.350. The molecule has 0 aliphatic carbocycles. The maximum absolute atomic E-state index is 12.7. The highest BCUT2D eigenvalue weighted by Gasteiger charge is 2.21. The number of halogens is 1. The van der Waals surface area contributed by atoms with Crippen LogP contribution >= 0.6 is 11.6 Å². The third-order valence-corrected chi connectivity index (χ3v) is 6.95. The monoisotopic (exact) mass is 421 g/mol. The summed E-state index contributed by atoms with van der Waals surface area (Å²) in [4.78, 5) is 15.0. The van der Waals surface area contributed by atoms with E-state index < -0.39 is 15.9 Å². The Bertz CT molecular complexity index is 953. The Morgan fingerprint density at radius 1 is 1.04 bits per heavy atom. The fourth-order valence-corrected chi connectivity index (χ4v) is 4.29. The molecule has 1 N–H and O–H groups in total. The van der Waals surface area contributed by atoms with E-state index in [0.717, 1.165) is 23.1 Å². The topological polar surface area (TPSA) is 69.7 Å². The molecule has 1 amide bonds. The number of benzene rings is 2. The number of carbonyl (C=O) groups excluding carboxylic acids is 1. The van der Waals surface area contributed by atoms with Crippen molar-refractivity contribution in [2.24, 2.45) is 0 Å². The average molecular weight is 422 g/mol. The molecule has 1 aliphatic heterocycles. The molecule has 0 aromatic heterocycles. The normalized spacial score (nSPS) is 14.9. The number of carbonyl (C=O) groups is 1. The predicted molar refractivity (Wildman–Crippen MR) is 113 cm³/mol. The summed E-state index contributed by atoms with van der Waals surface area (Å²) in [6, 6.07) is 11.8. The van der Waals surface area contributed by atoms with Gasteiger partial charge in [-0.25, -0.2) is 12.7 Å². The minimum Gasteiger partial charge on any atom is -0.372 e. The van der Waals surface area contributed by atoms with Crippen molar-refractivity contribution in [2.45, 2.75) is 24.2 Å². The van der Waals surface area contributed by atoms with Gasteiger partial charge in [-0.15, -0.1) is 0 Å². The van der Waals surface area contributed by atoms with Crippen LogP contribution in [0.25, 0.3) is 0 Å². The lowest BCUT2D eigenvalue weighted by atomic mass is 10.1. The molecular weight excluding hydrogens is 398 g/mol. The van der Waals surface area contributed by atoms with Gasteiger partial charge in [0.25, 0.3) is 5.91 Å². The van der Waals surface area contributed by atoms with Crippen LogP contribution in [0.4, 0.5) is 11.4 Å². The van der Waals surface area contributed by atoms with Gasteiger partial charge in [0, 0.05) is 38.6 Å². The molecule has 1 aliphatic rings. The maximum atomic E-state index is 12.7. The van der Waals surface area contributed by atoms with Crippen LogP contribution in [-0.4, -0.2) is 45.8 Å². The highest BCUT2D eigenvalue weighted by molar-refractivity contribution is 7.89. The van der Waals surface area contributed by atoms with E-state index in [1.54, 1.807) is 0 Å². The largest absolute Gasteiger partial charge is 0.372 e. The molecule has 1 fully saturated rings. The van der Waals surface area contributed by atoms with Crippen molar-refractivity contribution in [1.29, 1.82) is 0 Å². The first-order valence-corrected chi connectivity index (χ1v) is 11.0. The number of rotatable bonds is 5. The minimum atomic E-state index is -3.65. The first kappa shape index (κ1) is 20.6. The zero-order chi connectivity index (χ0) is 20.3. The molecule has 2 aromatic rings. The van der Waals surface area contributed by atoms with Crippen LogP contribution < -0.4 is 10.2 Å². The Morgan fingerprint density at radius 3 is 2.29 bits per heavy atom. The lowest BCUT2D eigenvalue weighted by Gasteiger charge is -2.28. The molecule has 0 atom stereocenters. The standard InChI is InChI=1S/C20H24ClN3O3S/c1-23(2)28(26,27)17-10-11-19(21)18(14-17)20(25)22-15-6-8-16(9-7-15)24-12-4-3-5-13-24/h6-11,14H,3-5,12-13H2,1-2H3,(H,22,25). The van der Waals surface area contributed by atoms with E-state index in [0.29, 0.717) is 5.69 Å². The second-order valence-corrected chi connectivity index (χ2v) is 9.54. The van der Waals surface area contributed by atoms with Gasteiger partial charge >= 0.3 is 0 Å². The molecule has 0 bridgehead atoms. The number of hydrogen-bond donors (Lipinski definition) is 1. The zero-order valence-electron chi connectivity index (χ0n) is 16.0. The molecule has 0 spiro atoms. The maximum Gasteiger partial charge on any atom is 0.257 e. The quantitative estimate of drug-likeness (QED) is 0.796. The fourth-order valence-electron chi connectivity index (χ4n) is 3.16. The molecule has 0 saturated carbocycles. The third kappa shape index (κ3) is 4.48. The smallest absolute Gasteiger partial charge is 0.257 e. The van der Waals surface area contributed by atoms with Gasteiger partial charge in [-0.05, 0) is 61.7 Å². The molecule has 0 unspecified atom stereocenters. The van der Waals surface area contributed by atoms with Gasteiger partial charge in [-0.2, -0.15) is 0 Å². The van der Waals surface area contributed by atoms with E-state index in [1.165, 1.54) is 51.6 Å². The second kappa shape index (κ2) is 8.51.